The molecule has 1 aromatic heterocycles. The number of nitrogens with one attached hydrogen (secondary N) is 2. The van der Waals surface area contributed by atoms with Crippen LogP contribution in [0.4, 0.5) is 11.4 Å². The number of hydrogen-bond acceptors (Lipinski definition) is 4. The van der Waals surface area contributed by atoms with E-state index in [9.17, 15) is 4.79 Å². The lowest BCUT2D eigenvalue weighted by atomic mass is 10.2. The molecule has 0 bridgehead atoms. The average Bonchev–Trinajstić information content (AvgIpc) is 2.70. The second kappa shape index (κ2) is 5.19. The first-order valence-corrected chi connectivity index (χ1v) is 5.86. The predicted octanol–water partition coefficient (Wildman–Crippen LogP) is 2.21. The number of rotatable bonds is 3. The maximum atomic E-state index is 12.0. The normalized spacial score (nSPS) is 10.3. The molecule has 6 nitrogen and oxygen atoms in total. The zero-order chi connectivity index (χ0) is 14.0. The van der Waals surface area contributed by atoms with Crippen LogP contribution in [-0.4, -0.2) is 23.2 Å². The maximum absolute atomic E-state index is 12.0. The monoisotopic (exact) mass is 280 g/mol. The Morgan fingerprint density at radius 1 is 1.53 bits per heavy atom. The van der Waals surface area contributed by atoms with Gasteiger partial charge in [0.2, 0.25) is 0 Å². The van der Waals surface area contributed by atoms with Crippen LogP contribution in [0.15, 0.2) is 18.2 Å². The highest BCUT2D eigenvalue weighted by Crippen LogP contribution is 2.27. The van der Waals surface area contributed by atoms with E-state index in [4.69, 9.17) is 22.1 Å². The third kappa shape index (κ3) is 2.63. The first-order chi connectivity index (χ1) is 9.02. The van der Waals surface area contributed by atoms with Crippen molar-refractivity contribution in [3.05, 3.63) is 34.6 Å². The number of benzene rings is 1. The minimum absolute atomic E-state index is 0.157. The number of aromatic amines is 1. The summed E-state index contributed by atoms with van der Waals surface area (Å²) in [5.74, 6) is 0.137. The molecule has 0 radical (unpaired) electrons. The molecular formula is C12H13ClN4O2. The number of carbonyl (C=O) groups is 1. The fourth-order valence-corrected chi connectivity index (χ4v) is 1.80. The minimum Gasteiger partial charge on any atom is -0.495 e. The van der Waals surface area contributed by atoms with Crippen LogP contribution >= 0.6 is 11.6 Å². The third-order valence-corrected chi connectivity index (χ3v) is 2.91. The molecular weight excluding hydrogens is 268 g/mol. The van der Waals surface area contributed by atoms with E-state index in [1.807, 2.05) is 0 Å². The third-order valence-electron chi connectivity index (χ3n) is 2.62. The predicted molar refractivity (Wildman–Crippen MR) is 73.7 cm³/mol. The zero-order valence-corrected chi connectivity index (χ0v) is 11.2. The highest BCUT2D eigenvalue weighted by molar-refractivity contribution is 6.32. The fourth-order valence-electron chi connectivity index (χ4n) is 1.55. The summed E-state index contributed by atoms with van der Waals surface area (Å²) in [6.07, 6.45) is 0. The standard InChI is InChI=1S/C12H13ClN4O2/c1-6-10(14)11(17-16-6)12(18)15-7-3-4-9(19-2)8(13)5-7/h3-5H,14H2,1-2H3,(H,15,18)(H,16,17). The van der Waals surface area contributed by atoms with Crippen molar-refractivity contribution >= 4 is 28.9 Å². The van der Waals surface area contributed by atoms with Crippen molar-refractivity contribution in [2.45, 2.75) is 6.92 Å². The summed E-state index contributed by atoms with van der Waals surface area (Å²) in [6.45, 7) is 1.74. The fraction of sp³-hybridized carbons (Fsp3) is 0.167. The van der Waals surface area contributed by atoms with Gasteiger partial charge in [0, 0.05) is 5.69 Å². The number of aryl methyl sites for hydroxylation is 1. The molecule has 0 aliphatic heterocycles. The molecule has 0 spiro atoms. The number of ether oxygens (including phenoxy) is 1. The molecule has 0 saturated heterocycles. The summed E-state index contributed by atoms with van der Waals surface area (Å²) < 4.78 is 5.03. The zero-order valence-electron chi connectivity index (χ0n) is 10.5. The van der Waals surface area contributed by atoms with E-state index in [0.29, 0.717) is 27.8 Å². The van der Waals surface area contributed by atoms with Gasteiger partial charge in [0.15, 0.2) is 5.69 Å². The number of H-pyrrole nitrogens is 1. The summed E-state index contributed by atoms with van der Waals surface area (Å²) in [5, 5.41) is 9.57. The first kappa shape index (κ1) is 13.2. The topological polar surface area (TPSA) is 93.0 Å². The lowest BCUT2D eigenvalue weighted by Gasteiger charge is -2.07. The summed E-state index contributed by atoms with van der Waals surface area (Å²) in [5.41, 5.74) is 7.41. The SMILES string of the molecule is COc1ccc(NC(=O)c2n[nH]c(C)c2N)cc1Cl. The van der Waals surface area contributed by atoms with Crippen molar-refractivity contribution in [1.82, 2.24) is 10.2 Å². The molecule has 100 valence electrons. The minimum atomic E-state index is -0.400. The molecule has 1 heterocycles. The van der Waals surface area contributed by atoms with Crippen LogP contribution in [0.2, 0.25) is 5.02 Å². The van der Waals surface area contributed by atoms with Crippen molar-refractivity contribution in [1.29, 1.82) is 0 Å². The molecule has 4 N–H and O–H groups in total. The van der Waals surface area contributed by atoms with Crippen LogP contribution in [0.1, 0.15) is 16.2 Å². The Bertz CT molecular complexity index is 624. The van der Waals surface area contributed by atoms with E-state index in [1.165, 1.54) is 7.11 Å². The molecule has 7 heteroatoms. The van der Waals surface area contributed by atoms with E-state index in [0.717, 1.165) is 0 Å². The quantitative estimate of drug-likeness (QED) is 0.803. The Labute approximate surface area is 114 Å². The summed E-state index contributed by atoms with van der Waals surface area (Å²) in [4.78, 5) is 12.0. The molecule has 0 unspecified atom stereocenters. The highest BCUT2D eigenvalue weighted by atomic mass is 35.5. The molecule has 2 aromatic rings. The van der Waals surface area contributed by atoms with Gasteiger partial charge in [0.25, 0.3) is 5.91 Å². The van der Waals surface area contributed by atoms with E-state index >= 15 is 0 Å². The Morgan fingerprint density at radius 3 is 2.79 bits per heavy atom. The van der Waals surface area contributed by atoms with Gasteiger partial charge in [0.05, 0.1) is 23.5 Å². The second-order valence-corrected chi connectivity index (χ2v) is 4.32. The number of halogens is 1. The van der Waals surface area contributed by atoms with E-state index in [-0.39, 0.29) is 5.69 Å². The van der Waals surface area contributed by atoms with Crippen LogP contribution in [-0.2, 0) is 0 Å². The lowest BCUT2D eigenvalue weighted by molar-refractivity contribution is 0.102. The second-order valence-electron chi connectivity index (χ2n) is 3.91. The molecule has 1 aromatic carbocycles. The molecule has 2 rings (SSSR count). The summed E-state index contributed by atoms with van der Waals surface area (Å²) in [6, 6.07) is 4.93. The summed E-state index contributed by atoms with van der Waals surface area (Å²) >= 11 is 5.97. The van der Waals surface area contributed by atoms with Gasteiger partial charge >= 0.3 is 0 Å². The molecule has 19 heavy (non-hydrogen) atoms. The number of aromatic nitrogens is 2. The molecule has 1 amide bonds. The van der Waals surface area contributed by atoms with Crippen LogP contribution in [0.3, 0.4) is 0 Å². The number of nitrogens with two attached hydrogens (primary N) is 1. The number of nitrogen functional groups attached to an aromatic ring is 1. The van der Waals surface area contributed by atoms with Gasteiger partial charge in [-0.3, -0.25) is 9.89 Å². The van der Waals surface area contributed by atoms with Crippen LogP contribution < -0.4 is 15.8 Å². The van der Waals surface area contributed by atoms with Gasteiger partial charge in [-0.2, -0.15) is 5.10 Å². The van der Waals surface area contributed by atoms with E-state index in [1.54, 1.807) is 25.1 Å². The number of carbonyl (C=O) groups excluding carboxylic acids is 1. The Morgan fingerprint density at radius 2 is 2.26 bits per heavy atom. The van der Waals surface area contributed by atoms with Crippen molar-refractivity contribution in [3.63, 3.8) is 0 Å². The van der Waals surface area contributed by atoms with E-state index < -0.39 is 5.91 Å². The number of anilines is 2. The van der Waals surface area contributed by atoms with Gasteiger partial charge in [0.1, 0.15) is 5.75 Å². The molecule has 0 fully saturated rings. The number of amides is 1. The maximum Gasteiger partial charge on any atom is 0.278 e. The average molecular weight is 281 g/mol. The van der Waals surface area contributed by atoms with Crippen molar-refractivity contribution in [2.75, 3.05) is 18.2 Å². The Balaban J connectivity index is 2.19. The van der Waals surface area contributed by atoms with Gasteiger partial charge in [-0.25, -0.2) is 0 Å². The van der Waals surface area contributed by atoms with Crippen molar-refractivity contribution < 1.29 is 9.53 Å². The van der Waals surface area contributed by atoms with Crippen LogP contribution in [0, 0.1) is 6.92 Å². The van der Waals surface area contributed by atoms with Crippen LogP contribution in [0.5, 0.6) is 5.75 Å². The molecule has 0 saturated carbocycles. The van der Waals surface area contributed by atoms with Crippen LogP contribution in [0.25, 0.3) is 0 Å². The van der Waals surface area contributed by atoms with Gasteiger partial charge < -0.3 is 15.8 Å². The molecule has 0 aliphatic carbocycles. The van der Waals surface area contributed by atoms with Crippen molar-refractivity contribution in [3.8, 4) is 5.75 Å². The Hall–Kier alpha value is -2.21. The highest BCUT2D eigenvalue weighted by Gasteiger charge is 2.15. The Kier molecular flexibility index (Phi) is 3.62. The summed E-state index contributed by atoms with van der Waals surface area (Å²) in [7, 11) is 1.52. The van der Waals surface area contributed by atoms with Gasteiger partial charge in [-0.05, 0) is 25.1 Å². The van der Waals surface area contributed by atoms with Gasteiger partial charge in [-0.15, -0.1) is 0 Å². The molecule has 0 aliphatic rings. The lowest BCUT2D eigenvalue weighted by Crippen LogP contribution is -2.14. The first-order valence-electron chi connectivity index (χ1n) is 5.48. The number of methoxy groups -OCH3 is 1. The molecule has 0 atom stereocenters. The smallest absolute Gasteiger partial charge is 0.278 e. The number of hydrogen-bond donors (Lipinski definition) is 3. The largest absolute Gasteiger partial charge is 0.495 e. The number of nitrogens with zero attached hydrogens (tertiary/aromatic N) is 1. The van der Waals surface area contributed by atoms with E-state index in [2.05, 4.69) is 15.5 Å². The van der Waals surface area contributed by atoms with Crippen molar-refractivity contribution in [2.24, 2.45) is 0 Å². The van der Waals surface area contributed by atoms with Gasteiger partial charge in [-0.1, -0.05) is 11.6 Å².